The highest BCUT2D eigenvalue weighted by molar-refractivity contribution is 7.92. The topological polar surface area (TPSA) is 265 Å². The summed E-state index contributed by atoms with van der Waals surface area (Å²) in [5, 5.41) is 21.2. The summed E-state index contributed by atoms with van der Waals surface area (Å²) in [5.41, 5.74) is 5.83. The van der Waals surface area contributed by atoms with Gasteiger partial charge in [0.05, 0.1) is 34.7 Å². The van der Waals surface area contributed by atoms with Crippen molar-refractivity contribution in [3.8, 4) is 0 Å². The fraction of sp³-hybridized carbons (Fsp3) is 0.250. The van der Waals surface area contributed by atoms with Gasteiger partial charge in [-0.2, -0.15) is 4.31 Å². The lowest BCUT2D eigenvalue weighted by Crippen LogP contribution is -2.49. The summed E-state index contributed by atoms with van der Waals surface area (Å²) in [7, 11) is -1.09. The minimum Gasteiger partial charge on any atom is -0.377 e. The number of amides is 6. The van der Waals surface area contributed by atoms with Gasteiger partial charge in [-0.3, -0.25) is 34.2 Å². The van der Waals surface area contributed by atoms with Gasteiger partial charge in [-0.15, -0.1) is 0 Å². The lowest BCUT2D eigenvalue weighted by atomic mass is 10.1. The second-order valence-corrected chi connectivity index (χ2v) is 30.8. The van der Waals surface area contributed by atoms with Crippen molar-refractivity contribution >= 4 is 94.2 Å². The van der Waals surface area contributed by atoms with Crippen LogP contribution in [0.4, 0.5) is 11.4 Å². The zero-order valence-corrected chi connectivity index (χ0v) is 62.8. The van der Waals surface area contributed by atoms with Crippen LogP contribution >= 0.6 is 0 Å². The molecule has 24 heteroatoms. The van der Waals surface area contributed by atoms with Crippen molar-refractivity contribution in [3.05, 3.63) is 288 Å². The molecule has 0 aliphatic heterocycles. The highest BCUT2D eigenvalue weighted by Crippen LogP contribution is 2.35. The Hall–Kier alpha value is -11.7. The summed E-state index contributed by atoms with van der Waals surface area (Å²) < 4.78 is 61.6. The van der Waals surface area contributed by atoms with E-state index in [1.54, 1.807) is 97.1 Å². The van der Waals surface area contributed by atoms with Crippen LogP contribution in [0.2, 0.25) is 0 Å². The summed E-state index contributed by atoms with van der Waals surface area (Å²) in [4.78, 5) is 96.4. The van der Waals surface area contributed by atoms with E-state index < -0.39 is 99.7 Å². The van der Waals surface area contributed by atoms with E-state index in [0.29, 0.717) is 44.0 Å². The normalized spacial score (nSPS) is 11.6. The zero-order valence-electron chi connectivity index (χ0n) is 61.2. The van der Waals surface area contributed by atoms with Crippen LogP contribution in [0, 0.1) is 5.41 Å². The number of carbonyl (C=O) groups excluding carboxylic acids is 6. The fourth-order valence-electron chi connectivity index (χ4n) is 12.8. The van der Waals surface area contributed by atoms with Crippen molar-refractivity contribution in [2.45, 2.75) is 60.6 Å². The highest BCUT2D eigenvalue weighted by Gasteiger charge is 2.36. The molecular formula is C84H92N12O10S2. The first-order chi connectivity index (χ1) is 52.1. The fourth-order valence-corrected chi connectivity index (χ4v) is 16.3. The van der Waals surface area contributed by atoms with Gasteiger partial charge in [0.15, 0.2) is 15.8 Å². The largest absolute Gasteiger partial charge is 0.377 e. The van der Waals surface area contributed by atoms with Gasteiger partial charge >= 0.3 is 0 Å². The van der Waals surface area contributed by atoms with Crippen molar-refractivity contribution in [1.29, 1.82) is 5.41 Å². The molecule has 0 aliphatic rings. The quantitative estimate of drug-likeness (QED) is 0.0139. The first kappa shape index (κ1) is 78.8. The van der Waals surface area contributed by atoms with Gasteiger partial charge in [0, 0.05) is 126 Å². The van der Waals surface area contributed by atoms with Gasteiger partial charge < -0.3 is 50.7 Å². The van der Waals surface area contributed by atoms with Gasteiger partial charge in [0.25, 0.3) is 0 Å². The number of nitrogens with zero attached hydrogens (tertiary/aromatic N) is 7. The summed E-state index contributed by atoms with van der Waals surface area (Å²) in [5.74, 6) is -3.50. The van der Waals surface area contributed by atoms with Gasteiger partial charge in [-0.05, 0) is 64.1 Å². The predicted octanol–water partition coefficient (Wildman–Crippen LogP) is 9.25. The Morgan fingerprint density at radius 2 is 0.648 bits per heavy atom. The van der Waals surface area contributed by atoms with Crippen molar-refractivity contribution in [1.82, 2.24) is 45.2 Å². The summed E-state index contributed by atoms with van der Waals surface area (Å²) in [6, 6.07) is 75.5. The van der Waals surface area contributed by atoms with Crippen molar-refractivity contribution in [2.24, 2.45) is 0 Å². The molecule has 108 heavy (non-hydrogen) atoms. The molecule has 560 valence electrons. The number of hydrogen-bond donors (Lipinski definition) is 5. The zero-order chi connectivity index (χ0) is 76.6. The number of guanidine groups is 1. The van der Waals surface area contributed by atoms with Crippen LogP contribution in [0.3, 0.4) is 0 Å². The number of hydrogen-bond acceptors (Lipinski definition) is 13. The summed E-state index contributed by atoms with van der Waals surface area (Å²) in [6.45, 7) is -2.38. The van der Waals surface area contributed by atoms with E-state index in [9.17, 15) is 28.8 Å². The molecule has 10 aromatic rings. The van der Waals surface area contributed by atoms with E-state index in [2.05, 4.69) is 21.3 Å². The Morgan fingerprint density at radius 1 is 0.333 bits per heavy atom. The van der Waals surface area contributed by atoms with Crippen molar-refractivity contribution in [2.75, 3.05) is 96.9 Å². The number of anilines is 2. The standard InChI is InChI=1S/C84H92N12O10S2/c1-90(2)74-43-23-41-72-70(74)39-25-45-76(72)107(103,104)69(51-63-27-11-5-12-28-63)52-80(99)94(55-66-33-17-8-18-34-66)60-81(100)92(53-64-29-13-6-14-30-64)58-78(97)86-47-49-88-84(85)89-50-48-87-79(98)59-93(54-65-31-15-7-16-32-65)82(101)61-95(56-67-35-19-9-20-36-67)83(102)62-96(57-68-37-21-10-22-38-68)108(105,106)77-46-26-40-71-73(77)42-24-44-75(71)91(3)4/h5-46,69H,47-62H2,1-4H3,(H,86,97)(H,87,98)(H3,85,88,89). The van der Waals surface area contributed by atoms with Crippen LogP contribution in [0.25, 0.3) is 21.5 Å². The van der Waals surface area contributed by atoms with Gasteiger partial charge in [0.2, 0.25) is 45.5 Å². The number of sulfone groups is 1. The van der Waals surface area contributed by atoms with E-state index in [-0.39, 0.29) is 81.1 Å². The van der Waals surface area contributed by atoms with E-state index in [1.807, 2.05) is 190 Å². The van der Waals surface area contributed by atoms with E-state index in [4.69, 9.17) is 5.41 Å². The number of benzene rings is 10. The lowest BCUT2D eigenvalue weighted by Gasteiger charge is -2.30. The van der Waals surface area contributed by atoms with E-state index >= 15 is 16.8 Å². The molecule has 0 aromatic heterocycles. The third kappa shape index (κ3) is 21.7. The molecule has 10 aromatic carbocycles. The molecule has 1 unspecified atom stereocenters. The van der Waals surface area contributed by atoms with E-state index in [1.165, 1.54) is 25.7 Å². The molecule has 6 amide bonds. The maximum absolute atomic E-state index is 15.1. The Kier molecular flexibility index (Phi) is 27.7. The molecule has 22 nitrogen and oxygen atoms in total. The number of carbonyl (C=O) groups is 6. The van der Waals surface area contributed by atoms with Crippen molar-refractivity contribution < 1.29 is 45.6 Å². The molecule has 0 bridgehead atoms. The molecule has 0 radical (unpaired) electrons. The molecule has 1 atom stereocenters. The third-order valence-corrected chi connectivity index (χ3v) is 22.4. The molecule has 0 fully saturated rings. The highest BCUT2D eigenvalue weighted by atomic mass is 32.2. The monoisotopic (exact) mass is 1490 g/mol. The average molecular weight is 1490 g/mol. The SMILES string of the molecule is CN(C)c1cccc2c(S(=O)(=O)C(CC(=O)N(CC(=O)N(CC(=O)NCCNC(=N)NCCNC(=O)CN(Cc3ccccc3)C(=O)CN(Cc3ccccc3)C(=O)CN(Cc3ccccc3)S(=O)(=O)c3cccc4c(N(C)C)cccc34)Cc3ccccc3)Cc3ccccc3)Cc3ccccc3)cccc12. The van der Waals surface area contributed by atoms with Gasteiger partial charge in [0.1, 0.15) is 13.1 Å². The molecule has 10 rings (SSSR count). The van der Waals surface area contributed by atoms with Crippen LogP contribution in [0.1, 0.15) is 39.8 Å². The molecule has 0 saturated heterocycles. The van der Waals surface area contributed by atoms with Crippen LogP contribution in [-0.2, 0) is 87.8 Å². The Bertz CT molecular complexity index is 4650. The third-order valence-electron chi connectivity index (χ3n) is 18.4. The summed E-state index contributed by atoms with van der Waals surface area (Å²) >= 11 is 0. The Labute approximate surface area is 632 Å². The van der Waals surface area contributed by atoms with Crippen LogP contribution in [0.5, 0.6) is 0 Å². The molecule has 5 N–H and O–H groups in total. The maximum Gasteiger partial charge on any atom is 0.244 e. The van der Waals surface area contributed by atoms with Crippen LogP contribution in [-0.4, -0.2) is 174 Å². The number of sulfonamides is 1. The predicted molar refractivity (Wildman–Crippen MR) is 424 cm³/mol. The first-order valence-corrected chi connectivity index (χ1v) is 38.7. The minimum absolute atomic E-state index is 0.00297. The molecular weight excluding hydrogens is 1400 g/mol. The molecule has 0 spiro atoms. The minimum atomic E-state index is -4.39. The average Bonchev–Trinajstić information content (AvgIpc) is 0.767. The Balaban J connectivity index is 0.754. The number of nitrogens with one attached hydrogen (secondary N) is 5. The second kappa shape index (κ2) is 38.0. The van der Waals surface area contributed by atoms with Crippen LogP contribution < -0.4 is 31.1 Å². The molecule has 0 aliphatic carbocycles. The number of fused-ring (bicyclic) bond motifs is 2. The van der Waals surface area contributed by atoms with E-state index in [0.717, 1.165) is 26.6 Å². The summed E-state index contributed by atoms with van der Waals surface area (Å²) in [6.07, 6.45) is -0.433. The van der Waals surface area contributed by atoms with Gasteiger partial charge in [-0.1, -0.05) is 231 Å². The molecule has 0 heterocycles. The maximum atomic E-state index is 15.1. The second-order valence-electron chi connectivity index (χ2n) is 26.7. The first-order valence-electron chi connectivity index (χ1n) is 35.7. The van der Waals surface area contributed by atoms with Crippen molar-refractivity contribution in [3.63, 3.8) is 0 Å². The Morgan fingerprint density at radius 3 is 1.05 bits per heavy atom. The van der Waals surface area contributed by atoms with Gasteiger partial charge in [-0.25, -0.2) is 16.8 Å². The smallest absolute Gasteiger partial charge is 0.244 e. The number of rotatable bonds is 36. The van der Waals surface area contributed by atoms with Crippen LogP contribution in [0.15, 0.2) is 265 Å². The molecule has 0 saturated carbocycles. The lowest BCUT2D eigenvalue weighted by molar-refractivity contribution is -0.143.